The lowest BCUT2D eigenvalue weighted by molar-refractivity contribution is 0.561. The lowest BCUT2D eigenvalue weighted by Gasteiger charge is -2.12. The maximum atomic E-state index is 6.26. The van der Waals surface area contributed by atoms with Gasteiger partial charge in [-0.15, -0.1) is 0 Å². The van der Waals surface area contributed by atoms with E-state index >= 15 is 0 Å². The van der Waals surface area contributed by atoms with Crippen LogP contribution in [0.5, 0.6) is 0 Å². The molecule has 96 valence electrons. The Bertz CT molecular complexity index is 716. The van der Waals surface area contributed by atoms with Gasteiger partial charge in [-0.05, 0) is 35.4 Å². The average Bonchev–Trinajstić information content (AvgIpc) is 2.77. The number of nitrogens with two attached hydrogens (primary N) is 2. The van der Waals surface area contributed by atoms with E-state index in [0.29, 0.717) is 5.89 Å². The van der Waals surface area contributed by atoms with Gasteiger partial charge >= 0.3 is 0 Å². The molecule has 2 aromatic carbocycles. The fraction of sp³-hybridized carbons (Fsp3) is 0.133. The molecule has 0 bridgehead atoms. The van der Waals surface area contributed by atoms with Gasteiger partial charge in [0.25, 0.3) is 0 Å². The second-order valence-electron chi connectivity index (χ2n) is 4.60. The van der Waals surface area contributed by atoms with Crippen molar-refractivity contribution in [3.05, 3.63) is 59.5 Å². The monoisotopic (exact) mass is 253 g/mol. The minimum atomic E-state index is -0.193. The fourth-order valence-corrected chi connectivity index (χ4v) is 2.15. The predicted octanol–water partition coefficient (Wildman–Crippen LogP) is 2.77. The Kier molecular flexibility index (Phi) is 2.72. The van der Waals surface area contributed by atoms with E-state index in [1.54, 1.807) is 0 Å². The molecule has 1 heterocycles. The van der Waals surface area contributed by atoms with Crippen molar-refractivity contribution >= 4 is 16.8 Å². The molecule has 0 saturated heterocycles. The van der Waals surface area contributed by atoms with Crippen LogP contribution in [-0.4, -0.2) is 4.98 Å². The summed E-state index contributed by atoms with van der Waals surface area (Å²) in [7, 11) is 0. The van der Waals surface area contributed by atoms with E-state index in [1.165, 1.54) is 0 Å². The average molecular weight is 253 g/mol. The molecule has 0 aliphatic rings. The van der Waals surface area contributed by atoms with Crippen molar-refractivity contribution < 1.29 is 4.42 Å². The number of benzene rings is 2. The van der Waals surface area contributed by atoms with Gasteiger partial charge < -0.3 is 15.9 Å². The lowest BCUT2D eigenvalue weighted by Crippen LogP contribution is -2.11. The summed E-state index contributed by atoms with van der Waals surface area (Å²) < 4.78 is 5.46. The SMILES string of the molecule is Cc1nc2cc(C(N)c3ccc(N)cc3)ccc2o1. The van der Waals surface area contributed by atoms with E-state index in [-0.39, 0.29) is 6.04 Å². The highest BCUT2D eigenvalue weighted by atomic mass is 16.3. The summed E-state index contributed by atoms with van der Waals surface area (Å²) in [6.45, 7) is 1.83. The van der Waals surface area contributed by atoms with Crippen molar-refractivity contribution in [1.29, 1.82) is 0 Å². The van der Waals surface area contributed by atoms with E-state index in [2.05, 4.69) is 4.98 Å². The molecule has 4 N–H and O–H groups in total. The maximum Gasteiger partial charge on any atom is 0.192 e. The third kappa shape index (κ3) is 2.18. The zero-order valence-corrected chi connectivity index (χ0v) is 10.6. The molecule has 1 unspecified atom stereocenters. The largest absolute Gasteiger partial charge is 0.441 e. The van der Waals surface area contributed by atoms with Gasteiger partial charge in [-0.2, -0.15) is 0 Å². The summed E-state index contributed by atoms with van der Waals surface area (Å²) in [5.41, 5.74) is 16.3. The summed E-state index contributed by atoms with van der Waals surface area (Å²) >= 11 is 0. The van der Waals surface area contributed by atoms with Gasteiger partial charge in [0.1, 0.15) is 5.52 Å². The van der Waals surface area contributed by atoms with Gasteiger partial charge in [0.15, 0.2) is 11.5 Å². The Labute approximate surface area is 111 Å². The zero-order chi connectivity index (χ0) is 13.4. The highest BCUT2D eigenvalue weighted by Gasteiger charge is 2.11. The number of hydrogen-bond donors (Lipinski definition) is 2. The molecule has 19 heavy (non-hydrogen) atoms. The summed E-state index contributed by atoms with van der Waals surface area (Å²) in [6.07, 6.45) is 0. The second kappa shape index (κ2) is 4.40. The number of aryl methyl sites for hydroxylation is 1. The van der Waals surface area contributed by atoms with Crippen molar-refractivity contribution in [2.45, 2.75) is 13.0 Å². The summed E-state index contributed by atoms with van der Waals surface area (Å²) in [4.78, 5) is 4.32. The van der Waals surface area contributed by atoms with Crippen LogP contribution in [0.4, 0.5) is 5.69 Å². The highest BCUT2D eigenvalue weighted by Crippen LogP contribution is 2.24. The molecule has 4 heteroatoms. The van der Waals surface area contributed by atoms with E-state index in [0.717, 1.165) is 27.9 Å². The van der Waals surface area contributed by atoms with Gasteiger partial charge in [0.05, 0.1) is 6.04 Å². The van der Waals surface area contributed by atoms with Crippen molar-refractivity contribution in [3.8, 4) is 0 Å². The Balaban J connectivity index is 2.00. The zero-order valence-electron chi connectivity index (χ0n) is 10.6. The van der Waals surface area contributed by atoms with Crippen LogP contribution in [0.2, 0.25) is 0 Å². The number of anilines is 1. The molecule has 4 nitrogen and oxygen atoms in total. The molecule has 3 rings (SSSR count). The number of rotatable bonds is 2. The minimum absolute atomic E-state index is 0.193. The van der Waals surface area contributed by atoms with Gasteiger partial charge in [0, 0.05) is 12.6 Å². The maximum absolute atomic E-state index is 6.26. The van der Waals surface area contributed by atoms with E-state index < -0.39 is 0 Å². The Hall–Kier alpha value is -2.33. The van der Waals surface area contributed by atoms with Crippen molar-refractivity contribution in [2.24, 2.45) is 5.73 Å². The predicted molar refractivity (Wildman–Crippen MR) is 75.6 cm³/mol. The van der Waals surface area contributed by atoms with E-state index in [4.69, 9.17) is 15.9 Å². The molecule has 0 radical (unpaired) electrons. The third-order valence-electron chi connectivity index (χ3n) is 3.17. The fourth-order valence-electron chi connectivity index (χ4n) is 2.15. The van der Waals surface area contributed by atoms with Crippen molar-refractivity contribution in [1.82, 2.24) is 4.98 Å². The van der Waals surface area contributed by atoms with E-state index in [9.17, 15) is 0 Å². The first kappa shape index (κ1) is 11.7. The van der Waals surface area contributed by atoms with Crippen LogP contribution in [-0.2, 0) is 0 Å². The number of nitrogens with zero attached hydrogens (tertiary/aromatic N) is 1. The normalized spacial score (nSPS) is 12.7. The Morgan fingerprint density at radius 3 is 2.47 bits per heavy atom. The first-order valence-corrected chi connectivity index (χ1v) is 6.11. The third-order valence-corrected chi connectivity index (χ3v) is 3.17. The summed E-state index contributed by atoms with van der Waals surface area (Å²) in [6, 6.07) is 13.2. The highest BCUT2D eigenvalue weighted by molar-refractivity contribution is 5.73. The van der Waals surface area contributed by atoms with Crippen LogP contribution < -0.4 is 11.5 Å². The number of fused-ring (bicyclic) bond motifs is 1. The smallest absolute Gasteiger partial charge is 0.192 e. The quantitative estimate of drug-likeness (QED) is 0.688. The van der Waals surface area contributed by atoms with Crippen LogP contribution >= 0.6 is 0 Å². The van der Waals surface area contributed by atoms with E-state index in [1.807, 2.05) is 49.4 Å². The van der Waals surface area contributed by atoms with Gasteiger partial charge in [-0.1, -0.05) is 18.2 Å². The standard InChI is InChI=1S/C15H15N3O/c1-9-18-13-8-11(4-7-14(13)19-9)15(17)10-2-5-12(16)6-3-10/h2-8,15H,16-17H2,1H3. The van der Waals surface area contributed by atoms with Gasteiger partial charge in [-0.25, -0.2) is 4.98 Å². The molecule has 1 aromatic heterocycles. The molecule has 0 amide bonds. The molecular formula is C15H15N3O. The van der Waals surface area contributed by atoms with Gasteiger partial charge in [0.2, 0.25) is 0 Å². The molecule has 0 aliphatic carbocycles. The minimum Gasteiger partial charge on any atom is -0.441 e. The van der Waals surface area contributed by atoms with Crippen LogP contribution in [0.15, 0.2) is 46.9 Å². The Morgan fingerprint density at radius 2 is 1.74 bits per heavy atom. The van der Waals surface area contributed by atoms with Crippen molar-refractivity contribution in [2.75, 3.05) is 5.73 Å². The topological polar surface area (TPSA) is 78.1 Å². The van der Waals surface area contributed by atoms with Crippen molar-refractivity contribution in [3.63, 3.8) is 0 Å². The number of nitrogen functional groups attached to an aromatic ring is 1. The molecule has 0 spiro atoms. The molecule has 0 aliphatic heterocycles. The summed E-state index contributed by atoms with van der Waals surface area (Å²) in [5, 5.41) is 0. The molecular weight excluding hydrogens is 238 g/mol. The van der Waals surface area contributed by atoms with Crippen LogP contribution in [0.3, 0.4) is 0 Å². The molecule has 1 atom stereocenters. The number of oxazole rings is 1. The molecule has 3 aromatic rings. The molecule has 0 saturated carbocycles. The molecule has 0 fully saturated rings. The lowest BCUT2D eigenvalue weighted by atomic mass is 9.99. The second-order valence-corrected chi connectivity index (χ2v) is 4.60. The van der Waals surface area contributed by atoms with Crippen LogP contribution in [0, 0.1) is 6.92 Å². The van der Waals surface area contributed by atoms with Gasteiger partial charge in [-0.3, -0.25) is 0 Å². The Morgan fingerprint density at radius 1 is 1.05 bits per heavy atom. The number of hydrogen-bond acceptors (Lipinski definition) is 4. The number of aromatic nitrogens is 1. The van der Waals surface area contributed by atoms with Crippen LogP contribution in [0.1, 0.15) is 23.1 Å². The summed E-state index contributed by atoms with van der Waals surface area (Å²) in [5.74, 6) is 0.660. The first-order chi connectivity index (χ1) is 9.13. The van der Waals surface area contributed by atoms with Crippen LogP contribution in [0.25, 0.3) is 11.1 Å². The first-order valence-electron chi connectivity index (χ1n) is 6.11.